The Hall–Kier alpha value is -3.80. The van der Waals surface area contributed by atoms with E-state index in [4.69, 9.17) is 14.5 Å². The number of carbonyl (C=O) groups excluding carboxylic acids is 1. The third-order valence-corrected chi connectivity index (χ3v) is 6.92. The fourth-order valence-corrected chi connectivity index (χ4v) is 4.64. The number of rotatable bonds is 13. The molecule has 6 heteroatoms. The highest BCUT2D eigenvalue weighted by Crippen LogP contribution is 2.24. The molecule has 0 unspecified atom stereocenters. The smallest absolute Gasteiger partial charge is 0.224 e. The summed E-state index contributed by atoms with van der Waals surface area (Å²) in [6.07, 6.45) is 3.99. The van der Waals surface area contributed by atoms with Crippen molar-refractivity contribution >= 4 is 16.9 Å². The minimum Gasteiger partial charge on any atom is -0.497 e. The first-order valence-corrected chi connectivity index (χ1v) is 13.9. The number of aryl methyl sites for hydroxylation is 2. The van der Waals surface area contributed by atoms with Crippen LogP contribution >= 0.6 is 0 Å². The molecule has 0 bridgehead atoms. The Kier molecular flexibility index (Phi) is 9.64. The molecule has 6 nitrogen and oxygen atoms in total. The largest absolute Gasteiger partial charge is 0.497 e. The van der Waals surface area contributed by atoms with Crippen molar-refractivity contribution in [2.75, 3.05) is 20.3 Å². The first kappa shape index (κ1) is 28.2. The van der Waals surface area contributed by atoms with Gasteiger partial charge in [-0.3, -0.25) is 4.79 Å². The zero-order valence-corrected chi connectivity index (χ0v) is 23.7. The second-order valence-corrected chi connectivity index (χ2v) is 11.0. The Morgan fingerprint density at radius 1 is 0.897 bits per heavy atom. The highest BCUT2D eigenvalue weighted by atomic mass is 16.5. The van der Waals surface area contributed by atoms with E-state index in [-0.39, 0.29) is 11.3 Å². The van der Waals surface area contributed by atoms with Crippen LogP contribution in [-0.2, 0) is 29.6 Å². The van der Waals surface area contributed by atoms with E-state index in [1.54, 1.807) is 7.11 Å². The van der Waals surface area contributed by atoms with Crippen LogP contribution in [0.2, 0.25) is 0 Å². The lowest BCUT2D eigenvalue weighted by molar-refractivity contribution is -0.120. The van der Waals surface area contributed by atoms with Crippen LogP contribution in [0.5, 0.6) is 11.5 Å². The molecular formula is C33H41N3O3. The summed E-state index contributed by atoms with van der Waals surface area (Å²) >= 11 is 0. The Balaban J connectivity index is 1.24. The standard InChI is InChI=1S/C33H41N3O3/c1-33(2,3)26-15-19-28(20-16-26)39-23-8-7-22-36-30-11-6-5-10-29(30)35-31(36)12-9-21-34-32(37)24-25-13-17-27(38-4)18-14-25/h5-6,10-11,13-20H,7-9,12,21-24H2,1-4H3,(H,34,37). The summed E-state index contributed by atoms with van der Waals surface area (Å²) < 4.78 is 13.5. The van der Waals surface area contributed by atoms with Gasteiger partial charge in [0, 0.05) is 19.5 Å². The quantitative estimate of drug-likeness (QED) is 0.202. The lowest BCUT2D eigenvalue weighted by Crippen LogP contribution is -2.26. The summed E-state index contributed by atoms with van der Waals surface area (Å²) in [5.74, 6) is 2.81. The topological polar surface area (TPSA) is 65.4 Å². The molecule has 0 aliphatic carbocycles. The molecule has 206 valence electrons. The van der Waals surface area contributed by atoms with Gasteiger partial charge in [0.15, 0.2) is 0 Å². The minimum absolute atomic E-state index is 0.0294. The fraction of sp³-hybridized carbons (Fsp3) is 0.394. The van der Waals surface area contributed by atoms with Gasteiger partial charge < -0.3 is 19.4 Å². The number of aromatic nitrogens is 2. The third kappa shape index (κ3) is 8.09. The van der Waals surface area contributed by atoms with Crippen molar-refractivity contribution in [2.45, 2.75) is 64.8 Å². The number of carbonyl (C=O) groups is 1. The Morgan fingerprint density at radius 3 is 2.33 bits per heavy atom. The second kappa shape index (κ2) is 13.3. The van der Waals surface area contributed by atoms with E-state index in [0.29, 0.717) is 19.6 Å². The van der Waals surface area contributed by atoms with E-state index in [0.717, 1.165) is 66.1 Å². The molecule has 39 heavy (non-hydrogen) atoms. The number of ether oxygens (including phenoxy) is 2. The second-order valence-electron chi connectivity index (χ2n) is 11.0. The molecule has 3 aromatic carbocycles. The molecule has 1 N–H and O–H groups in total. The number of nitrogens with zero attached hydrogens (tertiary/aromatic N) is 2. The molecule has 0 radical (unpaired) electrons. The average molecular weight is 528 g/mol. The van der Waals surface area contributed by atoms with Crippen LogP contribution in [-0.4, -0.2) is 35.7 Å². The number of benzene rings is 3. The Labute approximate surface area is 232 Å². The van der Waals surface area contributed by atoms with Gasteiger partial charge in [0.2, 0.25) is 5.91 Å². The van der Waals surface area contributed by atoms with Gasteiger partial charge >= 0.3 is 0 Å². The third-order valence-electron chi connectivity index (χ3n) is 6.92. The van der Waals surface area contributed by atoms with Crippen molar-refractivity contribution in [1.29, 1.82) is 0 Å². The van der Waals surface area contributed by atoms with Crippen LogP contribution in [0.25, 0.3) is 11.0 Å². The van der Waals surface area contributed by atoms with E-state index < -0.39 is 0 Å². The van der Waals surface area contributed by atoms with Gasteiger partial charge in [-0.1, -0.05) is 57.2 Å². The van der Waals surface area contributed by atoms with Gasteiger partial charge in [-0.05, 0) is 72.2 Å². The number of hydrogen-bond donors (Lipinski definition) is 1. The summed E-state index contributed by atoms with van der Waals surface area (Å²) in [5, 5.41) is 3.05. The molecule has 4 aromatic rings. The molecule has 0 fully saturated rings. The van der Waals surface area contributed by atoms with Gasteiger partial charge in [0.05, 0.1) is 31.2 Å². The molecule has 0 aliphatic heterocycles. The number of amides is 1. The van der Waals surface area contributed by atoms with E-state index in [1.165, 1.54) is 5.56 Å². The molecule has 0 atom stereocenters. The summed E-state index contributed by atoms with van der Waals surface area (Å²) in [6, 6.07) is 24.3. The van der Waals surface area contributed by atoms with Crippen molar-refractivity contribution < 1.29 is 14.3 Å². The van der Waals surface area contributed by atoms with E-state index in [2.05, 4.69) is 73.1 Å². The van der Waals surface area contributed by atoms with Gasteiger partial charge in [-0.25, -0.2) is 4.98 Å². The maximum absolute atomic E-state index is 12.4. The van der Waals surface area contributed by atoms with Crippen molar-refractivity contribution in [1.82, 2.24) is 14.9 Å². The van der Waals surface area contributed by atoms with Crippen LogP contribution < -0.4 is 14.8 Å². The maximum Gasteiger partial charge on any atom is 0.224 e. The monoisotopic (exact) mass is 527 g/mol. The first-order valence-electron chi connectivity index (χ1n) is 13.9. The lowest BCUT2D eigenvalue weighted by Gasteiger charge is -2.19. The van der Waals surface area contributed by atoms with Gasteiger partial charge in [0.25, 0.3) is 0 Å². The summed E-state index contributed by atoms with van der Waals surface area (Å²) in [6.45, 7) is 8.87. The molecule has 0 saturated carbocycles. The Morgan fingerprint density at radius 2 is 1.62 bits per heavy atom. The first-order chi connectivity index (χ1) is 18.8. The van der Waals surface area contributed by atoms with E-state index in [1.807, 2.05) is 30.3 Å². The van der Waals surface area contributed by atoms with Gasteiger partial charge in [0.1, 0.15) is 17.3 Å². The summed E-state index contributed by atoms with van der Waals surface area (Å²) in [4.78, 5) is 17.3. The fourth-order valence-electron chi connectivity index (χ4n) is 4.64. The normalized spacial score (nSPS) is 11.5. The van der Waals surface area contributed by atoms with Crippen LogP contribution in [0.1, 0.15) is 57.0 Å². The van der Waals surface area contributed by atoms with Crippen LogP contribution in [0, 0.1) is 0 Å². The van der Waals surface area contributed by atoms with Crippen LogP contribution in [0.15, 0.2) is 72.8 Å². The highest BCUT2D eigenvalue weighted by Gasteiger charge is 2.13. The molecule has 0 saturated heterocycles. The molecule has 1 heterocycles. The predicted molar refractivity (Wildman–Crippen MR) is 158 cm³/mol. The summed E-state index contributed by atoms with van der Waals surface area (Å²) in [5.41, 5.74) is 4.61. The van der Waals surface area contributed by atoms with Crippen molar-refractivity contribution in [3.8, 4) is 11.5 Å². The van der Waals surface area contributed by atoms with E-state index in [9.17, 15) is 4.79 Å². The van der Waals surface area contributed by atoms with Crippen LogP contribution in [0.4, 0.5) is 0 Å². The number of methoxy groups -OCH3 is 1. The molecule has 1 aromatic heterocycles. The average Bonchev–Trinajstić information content (AvgIpc) is 3.28. The number of para-hydroxylation sites is 2. The number of unbranched alkanes of at least 4 members (excludes halogenated alkanes) is 1. The molecule has 1 amide bonds. The molecule has 0 aliphatic rings. The SMILES string of the molecule is COc1ccc(CC(=O)NCCCc2nc3ccccc3n2CCCCOc2ccc(C(C)(C)C)cc2)cc1. The lowest BCUT2D eigenvalue weighted by atomic mass is 9.87. The zero-order chi connectivity index (χ0) is 27.7. The highest BCUT2D eigenvalue weighted by molar-refractivity contribution is 5.78. The van der Waals surface area contributed by atoms with Crippen molar-refractivity contribution in [2.24, 2.45) is 0 Å². The van der Waals surface area contributed by atoms with Crippen LogP contribution in [0.3, 0.4) is 0 Å². The number of imidazole rings is 1. The van der Waals surface area contributed by atoms with Crippen molar-refractivity contribution in [3.63, 3.8) is 0 Å². The van der Waals surface area contributed by atoms with Crippen molar-refractivity contribution in [3.05, 3.63) is 89.7 Å². The number of nitrogens with one attached hydrogen (secondary N) is 1. The van der Waals surface area contributed by atoms with E-state index >= 15 is 0 Å². The zero-order valence-electron chi connectivity index (χ0n) is 23.7. The number of hydrogen-bond acceptors (Lipinski definition) is 4. The summed E-state index contributed by atoms with van der Waals surface area (Å²) in [7, 11) is 1.64. The molecular weight excluding hydrogens is 486 g/mol. The predicted octanol–water partition coefficient (Wildman–Crippen LogP) is 6.49. The van der Waals surface area contributed by atoms with Gasteiger partial charge in [-0.15, -0.1) is 0 Å². The molecule has 4 rings (SSSR count). The minimum atomic E-state index is 0.0294. The number of fused-ring (bicyclic) bond motifs is 1. The van der Waals surface area contributed by atoms with Gasteiger partial charge in [-0.2, -0.15) is 0 Å². The molecule has 0 spiro atoms. The Bertz CT molecular complexity index is 1340. The maximum atomic E-state index is 12.4.